The molecule has 10 heteroatoms. The standard InChI is InChI=1S/C35H40N6O4/c1-24-19-39(35(42)43)15-16-41(24)33-30-20-40(21-31(30)36-34(37-33)45-23-27-12-8-14-38(27)2)32-18-28(17-26-11-6-7-13-29(26)32)44-22-25-9-4-3-5-10-25/h3-7,9-11,13,17-18,24,27H,8,12,14-16,19-23H2,1-2H3,(H,42,43)/t24-,27-/m0/s1. The summed E-state index contributed by atoms with van der Waals surface area (Å²) in [5.41, 5.74) is 4.21. The van der Waals surface area contributed by atoms with Crippen LogP contribution in [0.5, 0.6) is 11.8 Å². The first-order valence-electron chi connectivity index (χ1n) is 15.8. The Kier molecular flexibility index (Phi) is 8.06. The second kappa shape index (κ2) is 12.4. The minimum absolute atomic E-state index is 0.0349. The highest BCUT2D eigenvalue weighted by molar-refractivity contribution is 5.96. The number of fused-ring (bicyclic) bond motifs is 2. The molecular formula is C35H40N6O4. The molecule has 7 rings (SSSR count). The van der Waals surface area contributed by atoms with Gasteiger partial charge in [0, 0.05) is 61.0 Å². The van der Waals surface area contributed by atoms with Crippen LogP contribution in [0.4, 0.5) is 16.3 Å². The zero-order valence-electron chi connectivity index (χ0n) is 25.9. The van der Waals surface area contributed by atoms with Gasteiger partial charge in [-0.15, -0.1) is 0 Å². The number of likely N-dealkylation sites (N-methyl/N-ethyl adjacent to an activating group) is 1. The number of amides is 1. The Morgan fingerprint density at radius 3 is 2.58 bits per heavy atom. The summed E-state index contributed by atoms with van der Waals surface area (Å²) in [5.74, 6) is 1.66. The van der Waals surface area contributed by atoms with Gasteiger partial charge in [-0.1, -0.05) is 54.6 Å². The van der Waals surface area contributed by atoms with Gasteiger partial charge in [-0.3, -0.25) is 0 Å². The highest BCUT2D eigenvalue weighted by atomic mass is 16.5. The lowest BCUT2D eigenvalue weighted by Gasteiger charge is -2.40. The quantitative estimate of drug-likeness (QED) is 0.283. The van der Waals surface area contributed by atoms with E-state index in [9.17, 15) is 9.90 Å². The predicted octanol–water partition coefficient (Wildman–Crippen LogP) is 5.39. The molecule has 45 heavy (non-hydrogen) atoms. The molecular weight excluding hydrogens is 568 g/mol. The maximum atomic E-state index is 11.7. The third-order valence-electron chi connectivity index (χ3n) is 9.39. The minimum Gasteiger partial charge on any atom is -0.489 e. The van der Waals surface area contributed by atoms with Gasteiger partial charge in [0.25, 0.3) is 0 Å². The number of anilines is 2. The molecule has 2 atom stereocenters. The third-order valence-corrected chi connectivity index (χ3v) is 9.39. The fraction of sp³-hybridized carbons (Fsp3) is 0.400. The van der Waals surface area contributed by atoms with Crippen molar-refractivity contribution in [3.63, 3.8) is 0 Å². The minimum atomic E-state index is -0.883. The number of hydrogen-bond acceptors (Lipinski definition) is 8. The number of hydrogen-bond donors (Lipinski definition) is 1. The first kappa shape index (κ1) is 29.2. The zero-order chi connectivity index (χ0) is 30.9. The molecule has 0 bridgehead atoms. The predicted molar refractivity (Wildman–Crippen MR) is 174 cm³/mol. The number of benzene rings is 3. The van der Waals surface area contributed by atoms with Crippen molar-refractivity contribution in [1.82, 2.24) is 19.8 Å². The van der Waals surface area contributed by atoms with Crippen molar-refractivity contribution in [3.8, 4) is 11.8 Å². The Morgan fingerprint density at radius 1 is 0.978 bits per heavy atom. The van der Waals surface area contributed by atoms with Crippen molar-refractivity contribution in [2.45, 2.75) is 51.5 Å². The number of carboxylic acid groups (broad SMARTS) is 1. The molecule has 2 saturated heterocycles. The van der Waals surface area contributed by atoms with Gasteiger partial charge in [-0.2, -0.15) is 9.97 Å². The summed E-state index contributed by atoms with van der Waals surface area (Å²) in [6.45, 7) is 6.83. The topological polar surface area (TPSA) is 94.5 Å². The van der Waals surface area contributed by atoms with Gasteiger partial charge in [0.1, 0.15) is 24.8 Å². The van der Waals surface area contributed by atoms with Gasteiger partial charge in [-0.05, 0) is 50.4 Å². The smallest absolute Gasteiger partial charge is 0.407 e. The number of piperazine rings is 1. The van der Waals surface area contributed by atoms with E-state index in [0.717, 1.165) is 57.8 Å². The molecule has 3 aliphatic rings. The van der Waals surface area contributed by atoms with Gasteiger partial charge in [-0.25, -0.2) is 4.79 Å². The molecule has 1 aromatic heterocycles. The van der Waals surface area contributed by atoms with Crippen LogP contribution in [-0.4, -0.2) is 82.9 Å². The number of likely N-dealkylation sites (tertiary alicyclic amines) is 1. The van der Waals surface area contributed by atoms with Crippen LogP contribution in [0.2, 0.25) is 0 Å². The van der Waals surface area contributed by atoms with Crippen LogP contribution in [0, 0.1) is 0 Å². The molecule has 10 nitrogen and oxygen atoms in total. The highest BCUT2D eigenvalue weighted by Gasteiger charge is 2.34. The van der Waals surface area contributed by atoms with Crippen LogP contribution in [0.15, 0.2) is 66.7 Å². The average molecular weight is 609 g/mol. The van der Waals surface area contributed by atoms with E-state index in [1.165, 1.54) is 11.3 Å². The monoisotopic (exact) mass is 608 g/mol. The molecule has 0 aliphatic carbocycles. The van der Waals surface area contributed by atoms with Crippen molar-refractivity contribution in [3.05, 3.63) is 83.6 Å². The van der Waals surface area contributed by atoms with Crippen molar-refractivity contribution >= 4 is 28.4 Å². The van der Waals surface area contributed by atoms with Crippen LogP contribution in [0.25, 0.3) is 10.8 Å². The van der Waals surface area contributed by atoms with Crippen LogP contribution in [-0.2, 0) is 19.7 Å². The molecule has 3 aliphatic heterocycles. The maximum absolute atomic E-state index is 11.7. The largest absolute Gasteiger partial charge is 0.489 e. The summed E-state index contributed by atoms with van der Waals surface area (Å²) in [4.78, 5) is 30.1. The number of ether oxygens (including phenoxy) is 2. The number of rotatable bonds is 8. The second-order valence-corrected chi connectivity index (χ2v) is 12.4. The summed E-state index contributed by atoms with van der Waals surface area (Å²) in [6, 6.07) is 23.5. The lowest BCUT2D eigenvalue weighted by molar-refractivity contribution is 0.136. The molecule has 0 unspecified atom stereocenters. The van der Waals surface area contributed by atoms with E-state index in [0.29, 0.717) is 58.0 Å². The summed E-state index contributed by atoms with van der Waals surface area (Å²) in [6.07, 6.45) is 1.39. The van der Waals surface area contributed by atoms with Crippen molar-refractivity contribution in [2.75, 3.05) is 49.6 Å². The third kappa shape index (κ3) is 6.07. The Balaban J connectivity index is 1.21. The Bertz CT molecular complexity index is 1680. The van der Waals surface area contributed by atoms with Crippen LogP contribution in [0.1, 0.15) is 36.6 Å². The van der Waals surface area contributed by atoms with Gasteiger partial charge in [0.2, 0.25) is 0 Å². The van der Waals surface area contributed by atoms with Gasteiger partial charge >= 0.3 is 12.1 Å². The van der Waals surface area contributed by atoms with Crippen LogP contribution >= 0.6 is 0 Å². The summed E-state index contributed by atoms with van der Waals surface area (Å²) in [7, 11) is 2.14. The summed E-state index contributed by atoms with van der Waals surface area (Å²) >= 11 is 0. The molecule has 1 amide bonds. The van der Waals surface area contributed by atoms with Crippen molar-refractivity contribution in [2.24, 2.45) is 0 Å². The van der Waals surface area contributed by atoms with Crippen LogP contribution in [0.3, 0.4) is 0 Å². The number of nitrogens with zero attached hydrogens (tertiary/aromatic N) is 6. The fourth-order valence-electron chi connectivity index (χ4n) is 6.84. The SMILES string of the molecule is C[C@H]1CN(C(=O)O)CCN1c1nc(OC[C@@H]2CCCN2C)nc2c1CN(c1cc(OCc3ccccc3)cc3ccccc13)C2. The van der Waals surface area contributed by atoms with E-state index in [-0.39, 0.29) is 6.04 Å². The van der Waals surface area contributed by atoms with Crippen molar-refractivity contribution < 1.29 is 19.4 Å². The van der Waals surface area contributed by atoms with E-state index in [2.05, 4.69) is 77.2 Å². The van der Waals surface area contributed by atoms with E-state index in [4.69, 9.17) is 19.4 Å². The van der Waals surface area contributed by atoms with Gasteiger partial charge < -0.3 is 34.2 Å². The molecule has 3 aromatic carbocycles. The van der Waals surface area contributed by atoms with Crippen LogP contribution < -0.4 is 19.3 Å². The average Bonchev–Trinajstić information content (AvgIpc) is 3.68. The highest BCUT2D eigenvalue weighted by Crippen LogP contribution is 2.40. The molecule has 2 fully saturated rings. The van der Waals surface area contributed by atoms with E-state index in [1.54, 1.807) is 0 Å². The molecule has 0 saturated carbocycles. The normalized spacial score (nSPS) is 20.1. The Labute approximate surface area is 263 Å². The molecule has 1 N–H and O–H groups in total. The first-order chi connectivity index (χ1) is 21.9. The molecule has 234 valence electrons. The van der Waals surface area contributed by atoms with E-state index < -0.39 is 6.09 Å². The zero-order valence-corrected chi connectivity index (χ0v) is 25.9. The lowest BCUT2D eigenvalue weighted by atomic mass is 10.1. The van der Waals surface area contributed by atoms with Crippen molar-refractivity contribution in [1.29, 1.82) is 0 Å². The van der Waals surface area contributed by atoms with Gasteiger partial charge in [0.15, 0.2) is 0 Å². The van der Waals surface area contributed by atoms with E-state index >= 15 is 0 Å². The number of carbonyl (C=O) groups is 1. The molecule has 0 radical (unpaired) electrons. The van der Waals surface area contributed by atoms with E-state index in [1.807, 2.05) is 18.2 Å². The lowest BCUT2D eigenvalue weighted by Crippen LogP contribution is -2.54. The fourth-order valence-corrected chi connectivity index (χ4v) is 6.84. The number of aromatic nitrogens is 2. The Hall–Kier alpha value is -4.57. The Morgan fingerprint density at radius 2 is 1.80 bits per heavy atom. The molecule has 4 heterocycles. The first-order valence-corrected chi connectivity index (χ1v) is 15.8. The summed E-state index contributed by atoms with van der Waals surface area (Å²) in [5, 5.41) is 11.9. The molecule has 4 aromatic rings. The maximum Gasteiger partial charge on any atom is 0.407 e. The molecule has 0 spiro atoms. The summed E-state index contributed by atoms with van der Waals surface area (Å²) < 4.78 is 12.6. The van der Waals surface area contributed by atoms with Gasteiger partial charge in [0.05, 0.1) is 12.2 Å². The second-order valence-electron chi connectivity index (χ2n) is 12.4.